The minimum Gasteiger partial charge on any atom is -0.461 e. The molecule has 0 heterocycles. The van der Waals surface area contributed by atoms with E-state index < -0.39 is 12.0 Å². The summed E-state index contributed by atoms with van der Waals surface area (Å²) in [6, 6.07) is -0.677. The van der Waals surface area contributed by atoms with Gasteiger partial charge in [-0.25, -0.2) is 0 Å². The van der Waals surface area contributed by atoms with Crippen molar-refractivity contribution in [3.63, 3.8) is 0 Å². The van der Waals surface area contributed by atoms with E-state index in [-0.39, 0.29) is 12.5 Å². The van der Waals surface area contributed by atoms with E-state index in [0.717, 1.165) is 12.8 Å². The number of hydrogen-bond acceptors (Lipinski definition) is 3. The minimum absolute atomic E-state index is 0.0682. The first-order valence-corrected chi connectivity index (χ1v) is 4.51. The Bertz CT molecular complexity index is 196. The Kier molecular flexibility index (Phi) is 5.99. The molecule has 0 spiro atoms. The lowest BCUT2D eigenvalue weighted by Crippen LogP contribution is -2.33. The predicted octanol–water partition coefficient (Wildman–Crippen LogP) is 1.07. The molecule has 2 N–H and O–H groups in total. The molecular formula is C10H17NO2. The van der Waals surface area contributed by atoms with Crippen molar-refractivity contribution in [2.45, 2.75) is 45.3 Å². The molecular weight excluding hydrogens is 166 g/mol. The van der Waals surface area contributed by atoms with Gasteiger partial charge in [0.25, 0.3) is 0 Å². The van der Waals surface area contributed by atoms with Crippen molar-refractivity contribution < 1.29 is 9.53 Å². The number of esters is 1. The molecule has 3 heteroatoms. The lowest BCUT2D eigenvalue weighted by Gasteiger charge is -2.14. The molecule has 0 aromatic rings. The molecule has 2 atom stereocenters. The first-order chi connectivity index (χ1) is 6.11. The monoisotopic (exact) mass is 183 g/mol. The van der Waals surface area contributed by atoms with Crippen molar-refractivity contribution in [3.8, 4) is 12.3 Å². The zero-order chi connectivity index (χ0) is 10.3. The van der Waals surface area contributed by atoms with Crippen LogP contribution in [0.25, 0.3) is 0 Å². The highest BCUT2D eigenvalue weighted by Gasteiger charge is 2.16. The molecule has 0 aliphatic heterocycles. The van der Waals surface area contributed by atoms with Crippen molar-refractivity contribution in [1.82, 2.24) is 0 Å². The molecule has 0 bridgehead atoms. The van der Waals surface area contributed by atoms with Crippen LogP contribution in [0.15, 0.2) is 0 Å². The lowest BCUT2D eigenvalue weighted by molar-refractivity contribution is -0.149. The summed E-state index contributed by atoms with van der Waals surface area (Å²) in [5.41, 5.74) is 5.46. The molecule has 2 unspecified atom stereocenters. The normalized spacial score (nSPS) is 14.3. The van der Waals surface area contributed by atoms with Gasteiger partial charge in [-0.1, -0.05) is 13.3 Å². The van der Waals surface area contributed by atoms with Crippen molar-refractivity contribution in [1.29, 1.82) is 0 Å². The molecule has 0 saturated carbocycles. The second-order valence-corrected chi connectivity index (χ2v) is 3.05. The largest absolute Gasteiger partial charge is 0.461 e. The fourth-order valence-electron chi connectivity index (χ4n) is 0.961. The standard InChI is InChI=1S/C10H17NO2/c1-4-6-8(3)13-10(12)9(11)7-5-2/h2,8-9H,4,6-7,11H2,1,3H3. The molecule has 0 aliphatic carbocycles. The van der Waals surface area contributed by atoms with E-state index >= 15 is 0 Å². The lowest BCUT2D eigenvalue weighted by atomic mass is 10.2. The highest BCUT2D eigenvalue weighted by atomic mass is 16.5. The van der Waals surface area contributed by atoms with Crippen molar-refractivity contribution in [2.75, 3.05) is 0 Å². The maximum atomic E-state index is 11.2. The van der Waals surface area contributed by atoms with Crippen LogP contribution in [0, 0.1) is 12.3 Å². The van der Waals surface area contributed by atoms with Crippen LogP contribution in [0.3, 0.4) is 0 Å². The Labute approximate surface area is 79.6 Å². The second kappa shape index (κ2) is 6.50. The third kappa shape index (κ3) is 5.26. The van der Waals surface area contributed by atoms with Crippen LogP contribution in [-0.4, -0.2) is 18.1 Å². The van der Waals surface area contributed by atoms with Crippen LogP contribution in [0.2, 0.25) is 0 Å². The summed E-state index contributed by atoms with van der Waals surface area (Å²) < 4.78 is 5.05. The number of terminal acetylenes is 1. The van der Waals surface area contributed by atoms with Crippen LogP contribution in [0.1, 0.15) is 33.1 Å². The molecule has 0 aromatic carbocycles. The van der Waals surface area contributed by atoms with Gasteiger partial charge in [0.2, 0.25) is 0 Å². The quantitative estimate of drug-likeness (QED) is 0.512. The molecule has 0 amide bonds. The Morgan fingerprint density at radius 2 is 2.31 bits per heavy atom. The first kappa shape index (κ1) is 12.0. The van der Waals surface area contributed by atoms with Gasteiger partial charge in [0.15, 0.2) is 0 Å². The minimum atomic E-state index is -0.677. The number of rotatable bonds is 5. The van der Waals surface area contributed by atoms with Crippen molar-refractivity contribution >= 4 is 5.97 Å². The van der Waals surface area contributed by atoms with E-state index in [9.17, 15) is 4.79 Å². The summed E-state index contributed by atoms with van der Waals surface area (Å²) in [7, 11) is 0. The maximum absolute atomic E-state index is 11.2. The average Bonchev–Trinajstić information content (AvgIpc) is 2.05. The second-order valence-electron chi connectivity index (χ2n) is 3.05. The van der Waals surface area contributed by atoms with Crippen LogP contribution < -0.4 is 5.73 Å². The van der Waals surface area contributed by atoms with E-state index in [1.54, 1.807) is 0 Å². The van der Waals surface area contributed by atoms with E-state index in [2.05, 4.69) is 5.92 Å². The van der Waals surface area contributed by atoms with E-state index in [4.69, 9.17) is 16.9 Å². The molecule has 0 saturated heterocycles. The molecule has 0 radical (unpaired) electrons. The smallest absolute Gasteiger partial charge is 0.324 e. The van der Waals surface area contributed by atoms with Crippen LogP contribution >= 0.6 is 0 Å². The van der Waals surface area contributed by atoms with Gasteiger partial charge in [-0.3, -0.25) is 4.79 Å². The molecule has 13 heavy (non-hydrogen) atoms. The summed E-state index contributed by atoms with van der Waals surface area (Å²) in [6.07, 6.45) is 7.03. The third-order valence-electron chi connectivity index (χ3n) is 1.65. The van der Waals surface area contributed by atoms with Gasteiger partial charge in [0.1, 0.15) is 6.04 Å². The summed E-state index contributed by atoms with van der Waals surface area (Å²) >= 11 is 0. The average molecular weight is 183 g/mol. The van der Waals surface area contributed by atoms with Crippen LogP contribution in [0.5, 0.6) is 0 Å². The fourth-order valence-corrected chi connectivity index (χ4v) is 0.961. The van der Waals surface area contributed by atoms with E-state index in [1.165, 1.54) is 0 Å². The van der Waals surface area contributed by atoms with Gasteiger partial charge in [0, 0.05) is 6.42 Å². The number of ether oxygens (including phenoxy) is 1. The van der Waals surface area contributed by atoms with Crippen molar-refractivity contribution in [2.24, 2.45) is 5.73 Å². The predicted molar refractivity (Wildman–Crippen MR) is 51.9 cm³/mol. The molecule has 74 valence electrons. The Hall–Kier alpha value is -1.01. The Balaban J connectivity index is 3.79. The van der Waals surface area contributed by atoms with Crippen LogP contribution in [0.4, 0.5) is 0 Å². The SMILES string of the molecule is C#CCC(N)C(=O)OC(C)CCC. The zero-order valence-electron chi connectivity index (χ0n) is 8.25. The first-order valence-electron chi connectivity index (χ1n) is 4.51. The Morgan fingerprint density at radius 1 is 1.69 bits per heavy atom. The van der Waals surface area contributed by atoms with Gasteiger partial charge < -0.3 is 10.5 Å². The molecule has 0 aliphatic rings. The molecule has 0 fully saturated rings. The number of nitrogens with two attached hydrogens (primary N) is 1. The topological polar surface area (TPSA) is 52.3 Å². The number of carbonyl (C=O) groups is 1. The highest BCUT2D eigenvalue weighted by Crippen LogP contribution is 2.02. The zero-order valence-corrected chi connectivity index (χ0v) is 8.25. The van der Waals surface area contributed by atoms with E-state index in [1.807, 2.05) is 13.8 Å². The van der Waals surface area contributed by atoms with Crippen molar-refractivity contribution in [3.05, 3.63) is 0 Å². The molecule has 0 rings (SSSR count). The summed E-state index contributed by atoms with van der Waals surface area (Å²) in [5, 5.41) is 0. The van der Waals surface area contributed by atoms with Gasteiger partial charge in [0.05, 0.1) is 6.10 Å². The Morgan fingerprint density at radius 3 is 2.77 bits per heavy atom. The van der Waals surface area contributed by atoms with Gasteiger partial charge in [-0.2, -0.15) is 0 Å². The maximum Gasteiger partial charge on any atom is 0.324 e. The fraction of sp³-hybridized carbons (Fsp3) is 0.700. The molecule has 0 aromatic heterocycles. The number of carbonyl (C=O) groups excluding carboxylic acids is 1. The summed E-state index contributed by atoms with van der Waals surface area (Å²) in [5.74, 6) is 1.92. The highest BCUT2D eigenvalue weighted by molar-refractivity contribution is 5.76. The van der Waals surface area contributed by atoms with Gasteiger partial charge in [-0.05, 0) is 13.3 Å². The molecule has 3 nitrogen and oxygen atoms in total. The number of hydrogen-bond donors (Lipinski definition) is 1. The van der Waals surface area contributed by atoms with Gasteiger partial charge in [-0.15, -0.1) is 12.3 Å². The van der Waals surface area contributed by atoms with E-state index in [0.29, 0.717) is 0 Å². The summed E-state index contributed by atoms with van der Waals surface area (Å²) in [4.78, 5) is 11.2. The summed E-state index contributed by atoms with van der Waals surface area (Å²) in [6.45, 7) is 3.88. The van der Waals surface area contributed by atoms with Crippen LogP contribution in [-0.2, 0) is 9.53 Å². The van der Waals surface area contributed by atoms with Gasteiger partial charge >= 0.3 is 5.97 Å². The third-order valence-corrected chi connectivity index (χ3v) is 1.65.